The van der Waals surface area contributed by atoms with Crippen LogP contribution in [0, 0.1) is 0 Å². The molecular formula is C10H15N3O2S. The van der Waals surface area contributed by atoms with Crippen LogP contribution in [0.5, 0.6) is 0 Å². The monoisotopic (exact) mass is 241 g/mol. The summed E-state index contributed by atoms with van der Waals surface area (Å²) in [5, 5.41) is 9.66. The minimum Gasteiger partial charge on any atom is -0.477 e. The summed E-state index contributed by atoms with van der Waals surface area (Å²) in [5.74, 6) is -0.893. The van der Waals surface area contributed by atoms with Crippen LogP contribution in [0.25, 0.3) is 0 Å². The molecule has 16 heavy (non-hydrogen) atoms. The van der Waals surface area contributed by atoms with Crippen LogP contribution in [0.4, 0.5) is 5.13 Å². The van der Waals surface area contributed by atoms with Gasteiger partial charge in [0.1, 0.15) is 4.88 Å². The fraction of sp³-hybridized carbons (Fsp3) is 0.600. The van der Waals surface area contributed by atoms with Crippen molar-refractivity contribution in [3.63, 3.8) is 0 Å². The number of hydrogen-bond donors (Lipinski definition) is 1. The van der Waals surface area contributed by atoms with Crippen molar-refractivity contribution in [2.75, 3.05) is 38.1 Å². The fourth-order valence-corrected chi connectivity index (χ4v) is 2.55. The number of carboxylic acids is 1. The highest BCUT2D eigenvalue weighted by atomic mass is 32.1. The summed E-state index contributed by atoms with van der Waals surface area (Å²) in [6.07, 6.45) is 2.54. The number of aromatic carboxylic acids is 1. The lowest BCUT2D eigenvalue weighted by atomic mass is 10.4. The van der Waals surface area contributed by atoms with Crippen molar-refractivity contribution in [2.24, 2.45) is 0 Å². The van der Waals surface area contributed by atoms with E-state index in [2.05, 4.69) is 21.8 Å². The molecule has 1 N–H and O–H groups in total. The Balaban J connectivity index is 2.07. The molecule has 0 aliphatic carbocycles. The molecular weight excluding hydrogens is 226 g/mol. The van der Waals surface area contributed by atoms with E-state index in [4.69, 9.17) is 5.11 Å². The van der Waals surface area contributed by atoms with Crippen LogP contribution in [-0.2, 0) is 0 Å². The molecule has 1 aliphatic heterocycles. The van der Waals surface area contributed by atoms with Gasteiger partial charge >= 0.3 is 5.97 Å². The lowest BCUT2D eigenvalue weighted by Gasteiger charge is -2.18. The summed E-state index contributed by atoms with van der Waals surface area (Å²) in [4.78, 5) is 19.7. The van der Waals surface area contributed by atoms with Gasteiger partial charge in [-0.2, -0.15) is 0 Å². The molecule has 0 aromatic carbocycles. The largest absolute Gasteiger partial charge is 0.477 e. The minimum atomic E-state index is -0.893. The zero-order valence-electron chi connectivity index (χ0n) is 9.22. The van der Waals surface area contributed by atoms with E-state index < -0.39 is 5.97 Å². The molecule has 6 heteroatoms. The molecule has 1 aliphatic rings. The number of hydrogen-bond acceptors (Lipinski definition) is 5. The van der Waals surface area contributed by atoms with E-state index in [1.165, 1.54) is 17.5 Å². The molecule has 0 unspecified atom stereocenters. The lowest BCUT2D eigenvalue weighted by Crippen LogP contribution is -2.28. The number of anilines is 1. The third-order valence-electron chi connectivity index (χ3n) is 2.69. The topological polar surface area (TPSA) is 56.7 Å². The summed E-state index contributed by atoms with van der Waals surface area (Å²) in [5.41, 5.74) is 0. The Kier molecular flexibility index (Phi) is 3.40. The molecule has 2 heterocycles. The van der Waals surface area contributed by atoms with Gasteiger partial charge in [-0.25, -0.2) is 9.78 Å². The molecule has 1 fully saturated rings. The minimum absolute atomic E-state index is 0.313. The van der Waals surface area contributed by atoms with E-state index >= 15 is 0 Å². The van der Waals surface area contributed by atoms with E-state index in [0.29, 0.717) is 4.88 Å². The van der Waals surface area contributed by atoms with Gasteiger partial charge in [0.15, 0.2) is 5.13 Å². The maximum Gasteiger partial charge on any atom is 0.347 e. The molecule has 0 radical (unpaired) electrons. The summed E-state index contributed by atoms with van der Waals surface area (Å²) < 4.78 is 0. The molecule has 0 saturated carbocycles. The molecule has 0 amide bonds. The average molecular weight is 241 g/mol. The number of carboxylic acid groups (broad SMARTS) is 1. The van der Waals surface area contributed by atoms with Crippen molar-refractivity contribution in [3.8, 4) is 0 Å². The zero-order valence-corrected chi connectivity index (χ0v) is 10.0. The Morgan fingerprint density at radius 3 is 2.94 bits per heavy atom. The third kappa shape index (κ3) is 2.51. The smallest absolute Gasteiger partial charge is 0.347 e. The van der Waals surface area contributed by atoms with E-state index in [1.54, 1.807) is 0 Å². The number of carbonyl (C=O) groups is 1. The van der Waals surface area contributed by atoms with Crippen molar-refractivity contribution in [2.45, 2.75) is 6.42 Å². The van der Waals surface area contributed by atoms with Crippen molar-refractivity contribution in [1.29, 1.82) is 0 Å². The summed E-state index contributed by atoms with van der Waals surface area (Å²) >= 11 is 1.25. The van der Waals surface area contributed by atoms with Crippen LogP contribution in [0.2, 0.25) is 0 Å². The molecule has 2 rings (SSSR count). The first kappa shape index (κ1) is 11.3. The highest BCUT2D eigenvalue weighted by Crippen LogP contribution is 2.23. The van der Waals surface area contributed by atoms with E-state index in [0.717, 1.165) is 37.7 Å². The molecule has 5 nitrogen and oxygen atoms in total. The molecule has 1 saturated heterocycles. The first-order valence-corrected chi connectivity index (χ1v) is 6.11. The van der Waals surface area contributed by atoms with Crippen molar-refractivity contribution < 1.29 is 9.90 Å². The molecule has 1 aromatic heterocycles. The maximum atomic E-state index is 10.8. The number of aromatic nitrogens is 1. The van der Waals surface area contributed by atoms with Crippen LogP contribution < -0.4 is 4.90 Å². The summed E-state index contributed by atoms with van der Waals surface area (Å²) in [7, 11) is 2.11. The summed E-state index contributed by atoms with van der Waals surface area (Å²) in [6.45, 7) is 3.97. The third-order valence-corrected chi connectivity index (χ3v) is 3.74. The number of nitrogens with zero attached hydrogens (tertiary/aromatic N) is 3. The zero-order chi connectivity index (χ0) is 11.5. The second-order valence-corrected chi connectivity index (χ2v) is 4.97. The highest BCUT2D eigenvalue weighted by Gasteiger charge is 2.17. The molecule has 0 atom stereocenters. The predicted molar refractivity (Wildman–Crippen MR) is 63.4 cm³/mol. The van der Waals surface area contributed by atoms with Crippen molar-refractivity contribution in [3.05, 3.63) is 11.1 Å². The van der Waals surface area contributed by atoms with E-state index in [1.807, 2.05) is 0 Å². The highest BCUT2D eigenvalue weighted by molar-refractivity contribution is 7.17. The Morgan fingerprint density at radius 1 is 1.44 bits per heavy atom. The SMILES string of the molecule is CN1CCCN(c2ncc(C(=O)O)s2)CC1. The summed E-state index contributed by atoms with van der Waals surface area (Å²) in [6, 6.07) is 0. The molecule has 0 spiro atoms. The van der Waals surface area contributed by atoms with Crippen LogP contribution in [0.15, 0.2) is 6.20 Å². The lowest BCUT2D eigenvalue weighted by molar-refractivity contribution is 0.0702. The van der Waals surface area contributed by atoms with Gasteiger partial charge in [0.05, 0.1) is 6.20 Å². The van der Waals surface area contributed by atoms with Gasteiger partial charge in [0.2, 0.25) is 0 Å². The first-order valence-electron chi connectivity index (χ1n) is 5.29. The van der Waals surface area contributed by atoms with E-state index in [9.17, 15) is 4.79 Å². The van der Waals surface area contributed by atoms with Gasteiger partial charge in [-0.3, -0.25) is 0 Å². The standard InChI is InChI=1S/C10H15N3O2S/c1-12-3-2-4-13(6-5-12)10-11-7-8(16-10)9(14)15/h7H,2-6H2,1H3,(H,14,15). The molecule has 88 valence electrons. The Morgan fingerprint density at radius 2 is 2.25 bits per heavy atom. The fourth-order valence-electron chi connectivity index (χ4n) is 1.75. The van der Waals surface area contributed by atoms with E-state index in [-0.39, 0.29) is 0 Å². The Hall–Kier alpha value is -1.14. The van der Waals surface area contributed by atoms with Crippen molar-refractivity contribution in [1.82, 2.24) is 9.88 Å². The van der Waals surface area contributed by atoms with Crippen LogP contribution >= 0.6 is 11.3 Å². The number of rotatable bonds is 2. The van der Waals surface area contributed by atoms with Gasteiger partial charge in [0, 0.05) is 19.6 Å². The maximum absolute atomic E-state index is 10.8. The van der Waals surface area contributed by atoms with Crippen molar-refractivity contribution >= 4 is 22.4 Å². The van der Waals surface area contributed by atoms with Gasteiger partial charge in [-0.15, -0.1) is 0 Å². The predicted octanol–water partition coefficient (Wildman–Crippen LogP) is 0.983. The first-order chi connectivity index (χ1) is 7.66. The Labute approximate surface area is 98.3 Å². The quantitative estimate of drug-likeness (QED) is 0.836. The van der Waals surface area contributed by atoms with Crippen LogP contribution in [0.1, 0.15) is 16.1 Å². The normalized spacial score (nSPS) is 18.4. The number of likely N-dealkylation sites (N-methyl/N-ethyl adjacent to an activating group) is 1. The molecule has 1 aromatic rings. The van der Waals surface area contributed by atoms with Gasteiger partial charge in [0.25, 0.3) is 0 Å². The van der Waals surface area contributed by atoms with Gasteiger partial charge in [-0.05, 0) is 20.0 Å². The average Bonchev–Trinajstić information content (AvgIpc) is 2.63. The second-order valence-electron chi connectivity index (χ2n) is 3.96. The Bertz CT molecular complexity index is 380. The molecule has 0 bridgehead atoms. The van der Waals surface area contributed by atoms with Crippen LogP contribution in [0.3, 0.4) is 0 Å². The van der Waals surface area contributed by atoms with Gasteiger partial charge < -0.3 is 14.9 Å². The van der Waals surface area contributed by atoms with Crippen LogP contribution in [-0.4, -0.2) is 54.2 Å². The van der Waals surface area contributed by atoms with Gasteiger partial charge in [-0.1, -0.05) is 11.3 Å². The number of thiazole rings is 1. The second kappa shape index (κ2) is 4.80.